The lowest BCUT2D eigenvalue weighted by atomic mass is 10.1. The monoisotopic (exact) mass is 564 g/mol. The zero-order chi connectivity index (χ0) is 24.5. The van der Waals surface area contributed by atoms with E-state index in [-0.39, 0.29) is 23.5 Å². The second-order valence-corrected chi connectivity index (χ2v) is 10.8. The van der Waals surface area contributed by atoms with Gasteiger partial charge in [0.15, 0.2) is 6.61 Å². The first-order chi connectivity index (χ1) is 16.2. The zero-order valence-electron chi connectivity index (χ0n) is 18.4. The largest absolute Gasteiger partial charge is 0.495 e. The van der Waals surface area contributed by atoms with Gasteiger partial charge in [-0.2, -0.15) is 0 Å². The van der Waals surface area contributed by atoms with Crippen molar-refractivity contribution in [1.82, 2.24) is 0 Å². The van der Waals surface area contributed by atoms with Gasteiger partial charge in [-0.1, -0.05) is 27.5 Å². The molecule has 1 aliphatic heterocycles. The molecule has 4 rings (SSSR count). The van der Waals surface area contributed by atoms with Gasteiger partial charge in [-0.3, -0.25) is 9.52 Å². The maximum absolute atomic E-state index is 12.8. The molecule has 178 valence electrons. The van der Waals surface area contributed by atoms with Crippen molar-refractivity contribution >= 4 is 54.8 Å². The highest BCUT2D eigenvalue weighted by atomic mass is 79.9. The van der Waals surface area contributed by atoms with Gasteiger partial charge in [0, 0.05) is 16.2 Å². The van der Waals surface area contributed by atoms with E-state index in [1.54, 1.807) is 17.0 Å². The second-order valence-electron chi connectivity index (χ2n) is 7.80. The van der Waals surface area contributed by atoms with Crippen LogP contribution in [-0.4, -0.2) is 34.1 Å². The minimum Gasteiger partial charge on any atom is -0.495 e. The average Bonchev–Trinajstić information content (AvgIpc) is 3.12. The van der Waals surface area contributed by atoms with Crippen LogP contribution in [0.2, 0.25) is 5.02 Å². The molecule has 0 aliphatic carbocycles. The molecule has 1 atom stereocenters. The first-order valence-electron chi connectivity index (χ1n) is 10.4. The molecule has 1 N–H and O–H groups in total. The van der Waals surface area contributed by atoms with Crippen molar-refractivity contribution in [2.75, 3.05) is 23.3 Å². The third-order valence-corrected chi connectivity index (χ3v) is 7.61. The quantitative estimate of drug-likeness (QED) is 0.422. The molecule has 34 heavy (non-hydrogen) atoms. The molecule has 1 heterocycles. The highest BCUT2D eigenvalue weighted by Crippen LogP contribution is 2.34. The number of benzene rings is 3. The number of nitrogens with one attached hydrogen (secondary N) is 1. The molecule has 0 saturated heterocycles. The molecule has 0 spiro atoms. The lowest BCUT2D eigenvalue weighted by molar-refractivity contribution is -0.120. The molecule has 3 aromatic carbocycles. The highest BCUT2D eigenvalue weighted by molar-refractivity contribution is 9.10. The van der Waals surface area contributed by atoms with Crippen molar-refractivity contribution < 1.29 is 22.7 Å². The summed E-state index contributed by atoms with van der Waals surface area (Å²) in [7, 11) is -2.36. The molecule has 0 saturated carbocycles. The number of hydrogen-bond donors (Lipinski definition) is 1. The summed E-state index contributed by atoms with van der Waals surface area (Å²) >= 11 is 9.53. The molecule has 0 radical (unpaired) electrons. The van der Waals surface area contributed by atoms with Crippen LogP contribution >= 0.6 is 27.5 Å². The van der Waals surface area contributed by atoms with Crippen LogP contribution in [0, 0.1) is 0 Å². The molecule has 0 fully saturated rings. The molecule has 7 nitrogen and oxygen atoms in total. The SMILES string of the molecule is COc1ccc(NS(=O)(=O)c2ccc(OCC(=O)N3c4ccc(Br)cc4CC3C)cc2)cc1Cl. The predicted molar refractivity (Wildman–Crippen MR) is 136 cm³/mol. The van der Waals surface area contributed by atoms with Crippen molar-refractivity contribution in [2.24, 2.45) is 0 Å². The minimum absolute atomic E-state index is 0.0328. The summed E-state index contributed by atoms with van der Waals surface area (Å²) in [6, 6.07) is 16.3. The summed E-state index contributed by atoms with van der Waals surface area (Å²) in [6.07, 6.45) is 0.777. The third kappa shape index (κ3) is 5.16. The fraction of sp³-hybridized carbons (Fsp3) is 0.208. The van der Waals surface area contributed by atoms with Gasteiger partial charge in [-0.15, -0.1) is 0 Å². The van der Waals surface area contributed by atoms with Gasteiger partial charge < -0.3 is 14.4 Å². The predicted octanol–water partition coefficient (Wildman–Crippen LogP) is 5.27. The second kappa shape index (κ2) is 9.85. The Labute approximate surface area is 211 Å². The van der Waals surface area contributed by atoms with Gasteiger partial charge in [0.1, 0.15) is 11.5 Å². The van der Waals surface area contributed by atoms with Crippen molar-refractivity contribution in [3.05, 3.63) is 75.7 Å². The number of nitrogens with zero attached hydrogens (tertiary/aromatic N) is 1. The lowest BCUT2D eigenvalue weighted by Crippen LogP contribution is -2.39. The van der Waals surface area contributed by atoms with Gasteiger partial charge in [-0.05, 0) is 79.6 Å². The van der Waals surface area contributed by atoms with Gasteiger partial charge in [0.05, 0.1) is 22.7 Å². The van der Waals surface area contributed by atoms with E-state index in [0.717, 1.165) is 22.1 Å². The summed E-state index contributed by atoms with van der Waals surface area (Å²) < 4.78 is 39.6. The molecule has 10 heteroatoms. The van der Waals surface area contributed by atoms with Gasteiger partial charge >= 0.3 is 0 Å². The Hall–Kier alpha value is -2.75. The molecule has 1 amide bonds. The maximum atomic E-state index is 12.8. The first kappa shape index (κ1) is 24.4. The van der Waals surface area contributed by atoms with Gasteiger partial charge in [0.2, 0.25) is 0 Å². The number of rotatable bonds is 7. The van der Waals surface area contributed by atoms with Crippen LogP contribution in [-0.2, 0) is 21.2 Å². The summed E-state index contributed by atoms with van der Waals surface area (Å²) in [5.41, 5.74) is 2.30. The molecule has 0 bridgehead atoms. The van der Waals surface area contributed by atoms with E-state index in [4.69, 9.17) is 21.1 Å². The Morgan fingerprint density at radius 1 is 1.15 bits per heavy atom. The normalized spacial score (nSPS) is 15.1. The van der Waals surface area contributed by atoms with Crippen LogP contribution in [0.1, 0.15) is 12.5 Å². The molecule has 1 unspecified atom stereocenters. The van der Waals surface area contributed by atoms with Crippen LogP contribution in [0.5, 0.6) is 11.5 Å². The van der Waals surface area contributed by atoms with E-state index in [1.807, 2.05) is 25.1 Å². The standard InChI is InChI=1S/C24H22BrClN2O5S/c1-15-11-16-12-17(25)3-9-22(16)28(15)24(29)14-33-19-5-7-20(8-6-19)34(30,31)27-18-4-10-23(32-2)21(26)13-18/h3-10,12-13,15,27H,11,14H2,1-2H3. The summed E-state index contributed by atoms with van der Waals surface area (Å²) in [6.45, 7) is 1.84. The van der Waals surface area contributed by atoms with Crippen LogP contribution in [0.4, 0.5) is 11.4 Å². The van der Waals surface area contributed by atoms with Crippen molar-refractivity contribution in [1.29, 1.82) is 0 Å². The third-order valence-electron chi connectivity index (χ3n) is 5.43. The Kier molecular flexibility index (Phi) is 7.06. The fourth-order valence-corrected chi connectivity index (χ4v) is 5.57. The molecule has 1 aliphatic rings. The number of carbonyl (C=O) groups excluding carboxylic acids is 1. The number of fused-ring (bicyclic) bond motifs is 1. The van der Waals surface area contributed by atoms with Crippen molar-refractivity contribution in [3.8, 4) is 11.5 Å². The number of methoxy groups -OCH3 is 1. The van der Waals surface area contributed by atoms with Crippen LogP contribution < -0.4 is 19.1 Å². The lowest BCUT2D eigenvalue weighted by Gasteiger charge is -2.22. The van der Waals surface area contributed by atoms with Crippen LogP contribution in [0.25, 0.3) is 0 Å². The number of anilines is 2. The van der Waals surface area contributed by atoms with Crippen LogP contribution in [0.15, 0.2) is 70.0 Å². The van der Waals surface area contributed by atoms with Crippen molar-refractivity contribution in [2.45, 2.75) is 24.3 Å². The van der Waals surface area contributed by atoms with Gasteiger partial charge in [0.25, 0.3) is 15.9 Å². The number of sulfonamides is 1. The number of amides is 1. The molecule has 3 aromatic rings. The molecular formula is C24H22BrClN2O5S. The summed E-state index contributed by atoms with van der Waals surface area (Å²) in [4.78, 5) is 14.6. The van der Waals surface area contributed by atoms with Gasteiger partial charge in [-0.25, -0.2) is 8.42 Å². The van der Waals surface area contributed by atoms with Crippen LogP contribution in [0.3, 0.4) is 0 Å². The van der Waals surface area contributed by atoms with E-state index in [2.05, 4.69) is 20.7 Å². The average molecular weight is 566 g/mol. The Morgan fingerprint density at radius 3 is 2.56 bits per heavy atom. The topological polar surface area (TPSA) is 84.9 Å². The number of halogens is 2. The van der Waals surface area contributed by atoms with E-state index < -0.39 is 10.0 Å². The summed E-state index contributed by atoms with van der Waals surface area (Å²) in [5.74, 6) is 0.673. The van der Waals surface area contributed by atoms with E-state index >= 15 is 0 Å². The van der Waals surface area contributed by atoms with E-state index in [1.165, 1.54) is 37.4 Å². The minimum atomic E-state index is -3.84. The first-order valence-corrected chi connectivity index (χ1v) is 13.0. The fourth-order valence-electron chi connectivity index (χ4n) is 3.85. The number of carbonyl (C=O) groups is 1. The molecular weight excluding hydrogens is 544 g/mol. The Balaban J connectivity index is 1.40. The zero-order valence-corrected chi connectivity index (χ0v) is 21.6. The van der Waals surface area contributed by atoms with Crippen molar-refractivity contribution in [3.63, 3.8) is 0 Å². The number of hydrogen-bond acceptors (Lipinski definition) is 5. The van der Waals surface area contributed by atoms with E-state index in [0.29, 0.717) is 22.2 Å². The number of ether oxygens (including phenoxy) is 2. The maximum Gasteiger partial charge on any atom is 0.265 e. The smallest absolute Gasteiger partial charge is 0.265 e. The summed E-state index contributed by atoms with van der Waals surface area (Å²) in [5, 5.41) is 0.290. The van der Waals surface area contributed by atoms with E-state index in [9.17, 15) is 13.2 Å². The molecule has 0 aromatic heterocycles. The highest BCUT2D eigenvalue weighted by Gasteiger charge is 2.31. The Bertz CT molecular complexity index is 1330. The Morgan fingerprint density at radius 2 is 1.88 bits per heavy atom.